The maximum absolute atomic E-state index is 12.2. The monoisotopic (exact) mass is 321 g/mol. The highest BCUT2D eigenvalue weighted by molar-refractivity contribution is 7.99. The first kappa shape index (κ1) is 16.8. The minimum Gasteiger partial charge on any atom is -0.389 e. The standard InChI is InChI=1S/C16H23N3O2S/c1-5-19-13-9-7-6-8-12(13)17-15(19)22-10-14(20)18(4)11-16(2,3)21/h6-9,21H,5,10-11H2,1-4H3. The molecule has 1 amide bonds. The predicted octanol–water partition coefficient (Wildman–Crippen LogP) is 2.38. The quantitative estimate of drug-likeness (QED) is 0.830. The Bertz CT molecular complexity index is 661. The zero-order valence-corrected chi connectivity index (χ0v) is 14.4. The first-order valence-corrected chi connectivity index (χ1v) is 8.35. The van der Waals surface area contributed by atoms with Gasteiger partial charge in [0.2, 0.25) is 5.91 Å². The lowest BCUT2D eigenvalue weighted by molar-refractivity contribution is -0.129. The smallest absolute Gasteiger partial charge is 0.232 e. The van der Waals surface area contributed by atoms with Crippen molar-refractivity contribution >= 4 is 28.7 Å². The van der Waals surface area contributed by atoms with Gasteiger partial charge in [-0.3, -0.25) is 4.79 Å². The van der Waals surface area contributed by atoms with Crippen LogP contribution in [0.25, 0.3) is 11.0 Å². The van der Waals surface area contributed by atoms with E-state index in [4.69, 9.17) is 0 Å². The van der Waals surface area contributed by atoms with Crippen LogP contribution in [-0.2, 0) is 11.3 Å². The highest BCUT2D eigenvalue weighted by Gasteiger charge is 2.20. The Morgan fingerprint density at radius 1 is 1.41 bits per heavy atom. The van der Waals surface area contributed by atoms with Crippen LogP contribution in [-0.4, -0.2) is 50.4 Å². The Labute approximate surface area is 135 Å². The van der Waals surface area contributed by atoms with Crippen LogP contribution in [0.3, 0.4) is 0 Å². The number of benzene rings is 1. The first-order chi connectivity index (χ1) is 10.3. The number of aryl methyl sites for hydroxylation is 1. The molecule has 0 spiro atoms. The molecule has 0 aliphatic rings. The molecule has 1 N–H and O–H groups in total. The number of rotatable bonds is 6. The van der Waals surface area contributed by atoms with Crippen LogP contribution in [0.4, 0.5) is 0 Å². The summed E-state index contributed by atoms with van der Waals surface area (Å²) in [5, 5.41) is 10.6. The molecule has 22 heavy (non-hydrogen) atoms. The first-order valence-electron chi connectivity index (χ1n) is 7.36. The van der Waals surface area contributed by atoms with Crippen LogP contribution in [0.1, 0.15) is 20.8 Å². The van der Waals surface area contributed by atoms with Gasteiger partial charge >= 0.3 is 0 Å². The molecule has 0 radical (unpaired) electrons. The molecule has 1 aromatic carbocycles. The van der Waals surface area contributed by atoms with Gasteiger partial charge in [-0.15, -0.1) is 0 Å². The summed E-state index contributed by atoms with van der Waals surface area (Å²) in [5.41, 5.74) is 1.15. The van der Waals surface area contributed by atoms with Gasteiger partial charge in [0, 0.05) is 20.1 Å². The molecule has 120 valence electrons. The highest BCUT2D eigenvalue weighted by atomic mass is 32.2. The van der Waals surface area contributed by atoms with Crippen molar-refractivity contribution in [2.45, 2.75) is 38.1 Å². The summed E-state index contributed by atoms with van der Waals surface area (Å²) >= 11 is 1.44. The van der Waals surface area contributed by atoms with E-state index in [1.54, 1.807) is 25.8 Å². The second-order valence-electron chi connectivity index (χ2n) is 5.98. The lowest BCUT2D eigenvalue weighted by atomic mass is 10.1. The molecule has 2 rings (SSSR count). The predicted molar refractivity (Wildman–Crippen MR) is 90.1 cm³/mol. The van der Waals surface area contributed by atoms with Crippen molar-refractivity contribution in [3.8, 4) is 0 Å². The van der Waals surface area contributed by atoms with Gasteiger partial charge in [0.25, 0.3) is 0 Å². The Morgan fingerprint density at radius 2 is 2.09 bits per heavy atom. The maximum atomic E-state index is 12.2. The third-order valence-corrected chi connectivity index (χ3v) is 4.27. The van der Waals surface area contributed by atoms with E-state index in [1.165, 1.54) is 11.8 Å². The summed E-state index contributed by atoms with van der Waals surface area (Å²) < 4.78 is 2.11. The van der Waals surface area contributed by atoms with Crippen molar-refractivity contribution < 1.29 is 9.90 Å². The average molecular weight is 321 g/mol. The fraction of sp³-hybridized carbons (Fsp3) is 0.500. The average Bonchev–Trinajstić information content (AvgIpc) is 2.80. The van der Waals surface area contributed by atoms with Gasteiger partial charge in [-0.25, -0.2) is 4.98 Å². The van der Waals surface area contributed by atoms with Crippen LogP contribution >= 0.6 is 11.8 Å². The van der Waals surface area contributed by atoms with E-state index < -0.39 is 5.60 Å². The normalized spacial score (nSPS) is 11.9. The summed E-state index contributed by atoms with van der Waals surface area (Å²) in [6, 6.07) is 7.98. The van der Waals surface area contributed by atoms with Crippen LogP contribution < -0.4 is 0 Å². The van der Waals surface area contributed by atoms with Crippen molar-refractivity contribution in [3.63, 3.8) is 0 Å². The Morgan fingerprint density at radius 3 is 2.73 bits per heavy atom. The number of nitrogens with zero attached hydrogens (tertiary/aromatic N) is 3. The number of hydrogen-bond acceptors (Lipinski definition) is 4. The van der Waals surface area contributed by atoms with Crippen molar-refractivity contribution in [1.82, 2.24) is 14.5 Å². The molecule has 0 fully saturated rings. The number of aliphatic hydroxyl groups is 1. The van der Waals surface area contributed by atoms with Gasteiger partial charge in [0.05, 0.1) is 22.4 Å². The van der Waals surface area contributed by atoms with Gasteiger partial charge in [0.15, 0.2) is 5.16 Å². The van der Waals surface area contributed by atoms with Gasteiger partial charge in [-0.2, -0.15) is 0 Å². The molecule has 0 aliphatic carbocycles. The lowest BCUT2D eigenvalue weighted by Gasteiger charge is -2.25. The van der Waals surface area contributed by atoms with E-state index in [0.29, 0.717) is 12.3 Å². The molecule has 0 bridgehead atoms. The van der Waals surface area contributed by atoms with E-state index in [-0.39, 0.29) is 5.91 Å². The van der Waals surface area contributed by atoms with Crippen LogP contribution in [0, 0.1) is 0 Å². The Balaban J connectivity index is 2.07. The molecule has 5 nitrogen and oxygen atoms in total. The minimum atomic E-state index is -0.883. The topological polar surface area (TPSA) is 58.4 Å². The van der Waals surface area contributed by atoms with Crippen molar-refractivity contribution in [2.24, 2.45) is 0 Å². The second kappa shape index (κ2) is 6.71. The summed E-state index contributed by atoms with van der Waals surface area (Å²) in [6.45, 7) is 6.59. The second-order valence-corrected chi connectivity index (χ2v) is 6.92. The van der Waals surface area contributed by atoms with Crippen LogP contribution in [0.15, 0.2) is 29.4 Å². The van der Waals surface area contributed by atoms with Crippen molar-refractivity contribution in [2.75, 3.05) is 19.3 Å². The summed E-state index contributed by atoms with van der Waals surface area (Å²) in [6.07, 6.45) is 0. The third kappa shape index (κ3) is 4.01. The minimum absolute atomic E-state index is 0.0122. The number of fused-ring (bicyclic) bond motifs is 1. The molecule has 1 heterocycles. The Hall–Kier alpha value is -1.53. The number of carbonyl (C=O) groups is 1. The molecule has 2 aromatic rings. The molecular weight excluding hydrogens is 298 g/mol. The van der Waals surface area contributed by atoms with E-state index in [0.717, 1.165) is 22.7 Å². The van der Waals surface area contributed by atoms with E-state index in [9.17, 15) is 9.90 Å². The molecule has 0 unspecified atom stereocenters. The van der Waals surface area contributed by atoms with Crippen molar-refractivity contribution in [1.29, 1.82) is 0 Å². The number of hydrogen-bond donors (Lipinski definition) is 1. The maximum Gasteiger partial charge on any atom is 0.232 e. The van der Waals surface area contributed by atoms with Gasteiger partial charge in [0.1, 0.15) is 0 Å². The van der Waals surface area contributed by atoms with Crippen LogP contribution in [0.5, 0.6) is 0 Å². The Kier molecular flexibility index (Phi) is 5.13. The number of likely N-dealkylation sites (N-methyl/N-ethyl adjacent to an activating group) is 1. The van der Waals surface area contributed by atoms with Crippen molar-refractivity contribution in [3.05, 3.63) is 24.3 Å². The molecule has 0 saturated heterocycles. The van der Waals surface area contributed by atoms with Gasteiger partial charge < -0.3 is 14.6 Å². The fourth-order valence-electron chi connectivity index (χ4n) is 2.37. The highest BCUT2D eigenvalue weighted by Crippen LogP contribution is 2.24. The number of carbonyl (C=O) groups excluding carboxylic acids is 1. The largest absolute Gasteiger partial charge is 0.389 e. The van der Waals surface area contributed by atoms with Gasteiger partial charge in [-0.1, -0.05) is 23.9 Å². The zero-order chi connectivity index (χ0) is 16.3. The number of thioether (sulfide) groups is 1. The molecule has 1 aromatic heterocycles. The SMILES string of the molecule is CCn1c(SCC(=O)N(C)CC(C)(C)O)nc2ccccc21. The zero-order valence-electron chi connectivity index (χ0n) is 13.5. The molecule has 0 saturated carbocycles. The number of para-hydroxylation sites is 2. The molecule has 0 atom stereocenters. The summed E-state index contributed by atoms with van der Waals surface area (Å²) in [7, 11) is 1.71. The van der Waals surface area contributed by atoms with E-state index in [2.05, 4.69) is 16.5 Å². The molecule has 0 aliphatic heterocycles. The third-order valence-electron chi connectivity index (χ3n) is 3.31. The summed E-state index contributed by atoms with van der Waals surface area (Å²) in [5.74, 6) is 0.303. The molecule has 6 heteroatoms. The van der Waals surface area contributed by atoms with Crippen LogP contribution in [0.2, 0.25) is 0 Å². The fourth-order valence-corrected chi connectivity index (χ4v) is 3.39. The summed E-state index contributed by atoms with van der Waals surface area (Å²) in [4.78, 5) is 18.3. The van der Waals surface area contributed by atoms with E-state index >= 15 is 0 Å². The number of amides is 1. The van der Waals surface area contributed by atoms with E-state index in [1.807, 2.05) is 24.3 Å². The number of imidazole rings is 1. The molecular formula is C16H23N3O2S. The lowest BCUT2D eigenvalue weighted by Crippen LogP contribution is -2.40. The number of aromatic nitrogens is 2. The van der Waals surface area contributed by atoms with Gasteiger partial charge in [-0.05, 0) is 32.9 Å².